The zero-order valence-corrected chi connectivity index (χ0v) is 11.5. The fourth-order valence-corrected chi connectivity index (χ4v) is 2.41. The van der Waals surface area contributed by atoms with Crippen molar-refractivity contribution in [3.63, 3.8) is 0 Å². The van der Waals surface area contributed by atoms with Crippen molar-refractivity contribution in [2.45, 2.75) is 39.7 Å². The lowest BCUT2D eigenvalue weighted by Crippen LogP contribution is -2.35. The first-order valence-electron chi connectivity index (χ1n) is 7.08. The summed E-state index contributed by atoms with van der Waals surface area (Å²) < 4.78 is 0. The van der Waals surface area contributed by atoms with Crippen LogP contribution in [0.25, 0.3) is 0 Å². The van der Waals surface area contributed by atoms with E-state index in [-0.39, 0.29) is 0 Å². The van der Waals surface area contributed by atoms with Crippen LogP contribution in [0, 0.1) is 5.92 Å². The Balaban J connectivity index is 1.90. The molecule has 0 amide bonds. The van der Waals surface area contributed by atoms with E-state index in [0.717, 1.165) is 50.0 Å². The average Bonchev–Trinajstić information content (AvgIpc) is 2.40. The lowest BCUT2D eigenvalue weighted by atomic mass is 10.0. The number of nitrogens with one attached hydrogen (secondary N) is 1. The number of hydrogen-bond acceptors (Lipinski definition) is 4. The van der Waals surface area contributed by atoms with Crippen LogP contribution in [0.5, 0.6) is 0 Å². The van der Waals surface area contributed by atoms with Gasteiger partial charge in [-0.3, -0.25) is 0 Å². The molecule has 1 saturated heterocycles. The SMILES string of the molecule is CCCNCc1ccc(N2CCCC(C)C2)nn1. The maximum atomic E-state index is 4.35. The Hall–Kier alpha value is -1.16. The first-order chi connectivity index (χ1) is 8.79. The minimum absolute atomic E-state index is 0.770. The highest BCUT2D eigenvalue weighted by atomic mass is 15.3. The quantitative estimate of drug-likeness (QED) is 0.811. The van der Waals surface area contributed by atoms with E-state index < -0.39 is 0 Å². The topological polar surface area (TPSA) is 41.0 Å². The molecule has 18 heavy (non-hydrogen) atoms. The summed E-state index contributed by atoms with van der Waals surface area (Å²) in [5.74, 6) is 1.80. The highest BCUT2D eigenvalue weighted by molar-refractivity contribution is 5.37. The fraction of sp³-hybridized carbons (Fsp3) is 0.714. The van der Waals surface area contributed by atoms with E-state index in [1.165, 1.54) is 12.8 Å². The Morgan fingerprint density at radius 1 is 1.39 bits per heavy atom. The molecule has 0 radical (unpaired) electrons. The van der Waals surface area contributed by atoms with Crippen LogP contribution < -0.4 is 10.2 Å². The monoisotopic (exact) mass is 248 g/mol. The van der Waals surface area contributed by atoms with Crippen molar-refractivity contribution in [1.29, 1.82) is 0 Å². The van der Waals surface area contributed by atoms with Gasteiger partial charge in [-0.05, 0) is 43.9 Å². The van der Waals surface area contributed by atoms with Gasteiger partial charge in [0.15, 0.2) is 5.82 Å². The standard InChI is InChI=1S/C14H24N4/c1-3-8-15-10-13-6-7-14(17-16-13)18-9-4-5-12(2)11-18/h6-7,12,15H,3-5,8-11H2,1-2H3. The lowest BCUT2D eigenvalue weighted by Gasteiger charge is -2.31. The van der Waals surface area contributed by atoms with Gasteiger partial charge >= 0.3 is 0 Å². The van der Waals surface area contributed by atoms with Crippen LogP contribution in [0.15, 0.2) is 12.1 Å². The third-order valence-electron chi connectivity index (χ3n) is 3.42. The van der Waals surface area contributed by atoms with E-state index in [1.807, 2.05) is 0 Å². The van der Waals surface area contributed by atoms with Crippen molar-refractivity contribution in [3.05, 3.63) is 17.8 Å². The molecule has 0 bridgehead atoms. The van der Waals surface area contributed by atoms with Gasteiger partial charge in [0, 0.05) is 19.6 Å². The molecule has 1 fully saturated rings. The Morgan fingerprint density at radius 3 is 2.94 bits per heavy atom. The number of nitrogens with zero attached hydrogens (tertiary/aromatic N) is 3. The van der Waals surface area contributed by atoms with Crippen molar-refractivity contribution in [2.24, 2.45) is 5.92 Å². The number of aromatic nitrogens is 2. The Morgan fingerprint density at radius 2 is 2.28 bits per heavy atom. The van der Waals surface area contributed by atoms with Gasteiger partial charge in [0.1, 0.15) is 0 Å². The number of anilines is 1. The molecular formula is C14H24N4. The van der Waals surface area contributed by atoms with Crippen molar-refractivity contribution in [3.8, 4) is 0 Å². The minimum Gasteiger partial charge on any atom is -0.355 e. The molecule has 0 spiro atoms. The van der Waals surface area contributed by atoms with Crippen LogP contribution in [0.2, 0.25) is 0 Å². The van der Waals surface area contributed by atoms with Gasteiger partial charge in [0.25, 0.3) is 0 Å². The maximum Gasteiger partial charge on any atom is 0.151 e. The third kappa shape index (κ3) is 3.67. The van der Waals surface area contributed by atoms with Crippen molar-refractivity contribution < 1.29 is 0 Å². The molecule has 2 heterocycles. The first-order valence-corrected chi connectivity index (χ1v) is 7.08. The highest BCUT2D eigenvalue weighted by Crippen LogP contribution is 2.20. The molecule has 0 aromatic carbocycles. The molecule has 1 aromatic heterocycles. The molecule has 0 saturated carbocycles. The Kier molecular flexibility index (Phi) is 4.93. The van der Waals surface area contributed by atoms with Gasteiger partial charge in [-0.1, -0.05) is 13.8 Å². The Labute approximate surface area is 110 Å². The predicted octanol–water partition coefficient (Wildman–Crippen LogP) is 2.21. The molecule has 1 unspecified atom stereocenters. The first kappa shape index (κ1) is 13.3. The van der Waals surface area contributed by atoms with Crippen LogP contribution in [-0.2, 0) is 6.54 Å². The molecular weight excluding hydrogens is 224 g/mol. The molecule has 1 aromatic rings. The normalized spacial score (nSPS) is 20.1. The molecule has 1 atom stereocenters. The number of piperidine rings is 1. The smallest absolute Gasteiger partial charge is 0.151 e. The van der Waals surface area contributed by atoms with Crippen LogP contribution in [0.1, 0.15) is 38.8 Å². The molecule has 2 rings (SSSR count). The van der Waals surface area contributed by atoms with Crippen molar-refractivity contribution in [2.75, 3.05) is 24.5 Å². The van der Waals surface area contributed by atoms with E-state index in [2.05, 4.69) is 46.4 Å². The van der Waals surface area contributed by atoms with Crippen LogP contribution in [0.3, 0.4) is 0 Å². The summed E-state index contributed by atoms with van der Waals surface area (Å²) in [5, 5.41) is 12.0. The summed E-state index contributed by atoms with van der Waals surface area (Å²) in [5.41, 5.74) is 1.03. The van der Waals surface area contributed by atoms with Crippen LogP contribution >= 0.6 is 0 Å². The molecule has 1 N–H and O–H groups in total. The second-order valence-corrected chi connectivity index (χ2v) is 5.25. The van der Waals surface area contributed by atoms with Gasteiger partial charge in [0.05, 0.1) is 5.69 Å². The molecule has 4 nitrogen and oxygen atoms in total. The summed E-state index contributed by atoms with van der Waals surface area (Å²) in [4.78, 5) is 2.35. The average molecular weight is 248 g/mol. The summed E-state index contributed by atoms with van der Waals surface area (Å²) in [6.45, 7) is 8.56. The van der Waals surface area contributed by atoms with Gasteiger partial charge < -0.3 is 10.2 Å². The van der Waals surface area contributed by atoms with Crippen molar-refractivity contribution >= 4 is 5.82 Å². The minimum atomic E-state index is 0.770. The van der Waals surface area contributed by atoms with E-state index in [4.69, 9.17) is 0 Å². The fourth-order valence-electron chi connectivity index (χ4n) is 2.41. The second-order valence-electron chi connectivity index (χ2n) is 5.25. The molecule has 1 aliphatic heterocycles. The largest absolute Gasteiger partial charge is 0.355 e. The summed E-state index contributed by atoms with van der Waals surface area (Å²) in [6.07, 6.45) is 3.75. The molecule has 100 valence electrons. The second kappa shape index (κ2) is 6.69. The zero-order valence-electron chi connectivity index (χ0n) is 11.5. The van der Waals surface area contributed by atoms with Gasteiger partial charge in [0.2, 0.25) is 0 Å². The summed E-state index contributed by atoms with van der Waals surface area (Å²) >= 11 is 0. The van der Waals surface area contributed by atoms with E-state index in [1.54, 1.807) is 0 Å². The summed E-state index contributed by atoms with van der Waals surface area (Å²) in [6, 6.07) is 4.19. The van der Waals surface area contributed by atoms with E-state index >= 15 is 0 Å². The van der Waals surface area contributed by atoms with Gasteiger partial charge in [-0.15, -0.1) is 5.10 Å². The van der Waals surface area contributed by atoms with Crippen molar-refractivity contribution in [1.82, 2.24) is 15.5 Å². The molecule has 4 heteroatoms. The van der Waals surface area contributed by atoms with Crippen LogP contribution in [-0.4, -0.2) is 29.8 Å². The van der Waals surface area contributed by atoms with Crippen LogP contribution in [0.4, 0.5) is 5.82 Å². The third-order valence-corrected chi connectivity index (χ3v) is 3.42. The van der Waals surface area contributed by atoms with E-state index in [9.17, 15) is 0 Å². The molecule has 0 aliphatic carbocycles. The van der Waals surface area contributed by atoms with Gasteiger partial charge in [-0.2, -0.15) is 5.10 Å². The lowest BCUT2D eigenvalue weighted by molar-refractivity contribution is 0.443. The predicted molar refractivity (Wildman–Crippen MR) is 74.6 cm³/mol. The summed E-state index contributed by atoms with van der Waals surface area (Å²) in [7, 11) is 0. The maximum absolute atomic E-state index is 4.35. The highest BCUT2D eigenvalue weighted by Gasteiger charge is 2.17. The van der Waals surface area contributed by atoms with Gasteiger partial charge in [-0.25, -0.2) is 0 Å². The number of hydrogen-bond donors (Lipinski definition) is 1. The number of rotatable bonds is 5. The Bertz CT molecular complexity index is 349. The zero-order chi connectivity index (χ0) is 12.8. The van der Waals surface area contributed by atoms with E-state index in [0.29, 0.717) is 0 Å². The molecule has 1 aliphatic rings.